The van der Waals surface area contributed by atoms with Crippen LogP contribution < -0.4 is 4.74 Å². The molecule has 0 aliphatic carbocycles. The second-order valence-corrected chi connectivity index (χ2v) is 6.51. The van der Waals surface area contributed by atoms with Gasteiger partial charge in [0.2, 0.25) is 5.91 Å². The van der Waals surface area contributed by atoms with Gasteiger partial charge in [0, 0.05) is 31.0 Å². The molecule has 1 aromatic carbocycles. The Balaban J connectivity index is 1.47. The third kappa shape index (κ3) is 3.85. The van der Waals surface area contributed by atoms with Crippen molar-refractivity contribution in [3.8, 4) is 5.19 Å². The van der Waals surface area contributed by atoms with Crippen LogP contribution in [0.2, 0.25) is 0 Å². The summed E-state index contributed by atoms with van der Waals surface area (Å²) in [7, 11) is 0. The lowest BCUT2D eigenvalue weighted by Crippen LogP contribution is -2.31. The lowest BCUT2D eigenvalue weighted by atomic mass is 10.1. The molecule has 22 heavy (non-hydrogen) atoms. The van der Waals surface area contributed by atoms with Gasteiger partial charge in [-0.15, -0.1) is 0 Å². The van der Waals surface area contributed by atoms with E-state index >= 15 is 0 Å². The SMILES string of the molecule is Cc1cccc(CCC(=O)N2CCC(Oc3nccs3)C2)c1. The van der Waals surface area contributed by atoms with Crippen molar-refractivity contribution in [2.45, 2.75) is 32.3 Å². The Bertz CT molecular complexity index is 627. The van der Waals surface area contributed by atoms with E-state index in [9.17, 15) is 4.79 Å². The number of nitrogens with zero attached hydrogens (tertiary/aromatic N) is 2. The summed E-state index contributed by atoms with van der Waals surface area (Å²) in [6.45, 7) is 3.53. The molecule has 1 fully saturated rings. The van der Waals surface area contributed by atoms with Crippen molar-refractivity contribution < 1.29 is 9.53 Å². The van der Waals surface area contributed by atoms with Gasteiger partial charge in [-0.25, -0.2) is 4.98 Å². The van der Waals surface area contributed by atoms with Crippen molar-refractivity contribution in [1.29, 1.82) is 0 Å². The molecule has 1 atom stereocenters. The number of amides is 1. The Hall–Kier alpha value is -1.88. The third-order valence-corrected chi connectivity index (χ3v) is 4.55. The van der Waals surface area contributed by atoms with E-state index in [0.717, 1.165) is 19.4 Å². The van der Waals surface area contributed by atoms with E-state index < -0.39 is 0 Å². The maximum atomic E-state index is 12.3. The molecule has 116 valence electrons. The molecule has 1 aromatic heterocycles. The Morgan fingerprint density at radius 2 is 2.41 bits per heavy atom. The van der Waals surface area contributed by atoms with Crippen molar-refractivity contribution >= 4 is 17.2 Å². The van der Waals surface area contributed by atoms with Gasteiger partial charge >= 0.3 is 0 Å². The Morgan fingerprint density at radius 1 is 1.50 bits per heavy atom. The standard InChI is InChI=1S/C17H20N2O2S/c1-13-3-2-4-14(11-13)5-6-16(20)19-9-7-15(12-19)21-17-18-8-10-22-17/h2-4,8,10-11,15H,5-7,9,12H2,1H3. The first-order valence-corrected chi connectivity index (χ1v) is 8.48. The van der Waals surface area contributed by atoms with E-state index in [2.05, 4.69) is 30.1 Å². The lowest BCUT2D eigenvalue weighted by Gasteiger charge is -2.16. The van der Waals surface area contributed by atoms with Crippen LogP contribution in [0, 0.1) is 6.92 Å². The Morgan fingerprint density at radius 3 is 3.18 bits per heavy atom. The van der Waals surface area contributed by atoms with Crippen LogP contribution in [0.5, 0.6) is 5.19 Å². The fourth-order valence-electron chi connectivity index (χ4n) is 2.74. The van der Waals surface area contributed by atoms with Gasteiger partial charge in [0.1, 0.15) is 6.10 Å². The summed E-state index contributed by atoms with van der Waals surface area (Å²) >= 11 is 1.49. The van der Waals surface area contributed by atoms with Crippen LogP contribution in [0.3, 0.4) is 0 Å². The zero-order valence-corrected chi connectivity index (χ0v) is 13.5. The van der Waals surface area contributed by atoms with Gasteiger partial charge in [-0.2, -0.15) is 0 Å². The number of hydrogen-bond acceptors (Lipinski definition) is 4. The maximum absolute atomic E-state index is 12.3. The van der Waals surface area contributed by atoms with Gasteiger partial charge in [0.25, 0.3) is 5.19 Å². The number of aromatic nitrogens is 1. The molecular weight excluding hydrogens is 296 g/mol. The van der Waals surface area contributed by atoms with Crippen molar-refractivity contribution in [1.82, 2.24) is 9.88 Å². The summed E-state index contributed by atoms with van der Waals surface area (Å²) in [5.41, 5.74) is 2.46. The fraction of sp³-hybridized carbons (Fsp3) is 0.412. The molecule has 1 unspecified atom stereocenters. The molecule has 0 spiro atoms. The molecule has 1 saturated heterocycles. The number of carbonyl (C=O) groups excluding carboxylic acids is 1. The predicted octanol–water partition coefficient (Wildman–Crippen LogP) is 3.06. The van der Waals surface area contributed by atoms with Gasteiger partial charge in [0.15, 0.2) is 0 Å². The third-order valence-electron chi connectivity index (χ3n) is 3.88. The highest BCUT2D eigenvalue weighted by atomic mass is 32.1. The Labute approximate surface area is 134 Å². The summed E-state index contributed by atoms with van der Waals surface area (Å²) in [6.07, 6.45) is 4.06. The van der Waals surface area contributed by atoms with Crippen molar-refractivity contribution in [3.63, 3.8) is 0 Å². The number of carbonyl (C=O) groups is 1. The van der Waals surface area contributed by atoms with Gasteiger partial charge in [0.05, 0.1) is 6.54 Å². The second-order valence-electron chi connectivity index (χ2n) is 5.66. The largest absolute Gasteiger partial charge is 0.465 e. The van der Waals surface area contributed by atoms with Crippen molar-refractivity contribution in [3.05, 3.63) is 47.0 Å². The van der Waals surface area contributed by atoms with Gasteiger partial charge in [-0.1, -0.05) is 41.2 Å². The van der Waals surface area contributed by atoms with E-state index in [0.29, 0.717) is 18.2 Å². The minimum Gasteiger partial charge on any atom is -0.465 e. The van der Waals surface area contributed by atoms with Crippen LogP contribution in [0.15, 0.2) is 35.8 Å². The zero-order valence-electron chi connectivity index (χ0n) is 12.7. The second kappa shape index (κ2) is 6.92. The average molecular weight is 316 g/mol. The molecule has 0 N–H and O–H groups in total. The summed E-state index contributed by atoms with van der Waals surface area (Å²) in [6, 6.07) is 8.35. The van der Waals surface area contributed by atoms with Crippen LogP contribution >= 0.6 is 11.3 Å². The van der Waals surface area contributed by atoms with Crippen molar-refractivity contribution in [2.75, 3.05) is 13.1 Å². The molecule has 5 heteroatoms. The number of aryl methyl sites for hydroxylation is 2. The quantitative estimate of drug-likeness (QED) is 0.851. The summed E-state index contributed by atoms with van der Waals surface area (Å²) < 4.78 is 5.79. The van der Waals surface area contributed by atoms with Gasteiger partial charge in [-0.05, 0) is 18.9 Å². The molecule has 0 radical (unpaired) electrons. The molecule has 4 nitrogen and oxygen atoms in total. The smallest absolute Gasteiger partial charge is 0.273 e. The maximum Gasteiger partial charge on any atom is 0.273 e. The van der Waals surface area contributed by atoms with Crippen LogP contribution in [-0.2, 0) is 11.2 Å². The minimum atomic E-state index is 0.0778. The highest BCUT2D eigenvalue weighted by molar-refractivity contribution is 7.11. The molecule has 2 heterocycles. The van der Waals surface area contributed by atoms with E-state index in [4.69, 9.17) is 4.74 Å². The molecule has 1 amide bonds. The van der Waals surface area contributed by atoms with Crippen LogP contribution in [-0.4, -0.2) is 35.0 Å². The number of benzene rings is 1. The number of thiazole rings is 1. The topological polar surface area (TPSA) is 42.4 Å². The van der Waals surface area contributed by atoms with E-state index in [1.807, 2.05) is 16.3 Å². The fourth-order valence-corrected chi connectivity index (χ4v) is 3.29. The summed E-state index contributed by atoms with van der Waals surface area (Å²) in [5, 5.41) is 2.59. The molecule has 1 aliphatic heterocycles. The lowest BCUT2D eigenvalue weighted by molar-refractivity contribution is -0.130. The highest BCUT2D eigenvalue weighted by Gasteiger charge is 2.27. The minimum absolute atomic E-state index is 0.0778. The number of rotatable bonds is 5. The molecule has 3 rings (SSSR count). The number of likely N-dealkylation sites (tertiary alicyclic amines) is 1. The van der Waals surface area contributed by atoms with E-state index in [1.54, 1.807) is 6.20 Å². The monoisotopic (exact) mass is 316 g/mol. The molecule has 2 aromatic rings. The van der Waals surface area contributed by atoms with Crippen LogP contribution in [0.4, 0.5) is 0 Å². The predicted molar refractivity (Wildman–Crippen MR) is 87.2 cm³/mol. The van der Waals surface area contributed by atoms with Gasteiger partial charge < -0.3 is 9.64 Å². The summed E-state index contributed by atoms with van der Waals surface area (Å²) in [5.74, 6) is 0.215. The summed E-state index contributed by atoms with van der Waals surface area (Å²) in [4.78, 5) is 18.3. The zero-order chi connectivity index (χ0) is 15.4. The first-order valence-electron chi connectivity index (χ1n) is 7.60. The normalized spacial score (nSPS) is 17.7. The van der Waals surface area contributed by atoms with Gasteiger partial charge in [-0.3, -0.25) is 4.79 Å². The van der Waals surface area contributed by atoms with E-state index in [1.165, 1.54) is 22.5 Å². The average Bonchev–Trinajstić information content (AvgIpc) is 3.17. The van der Waals surface area contributed by atoms with E-state index in [-0.39, 0.29) is 12.0 Å². The van der Waals surface area contributed by atoms with Crippen LogP contribution in [0.1, 0.15) is 24.0 Å². The van der Waals surface area contributed by atoms with Crippen LogP contribution in [0.25, 0.3) is 0 Å². The molecular formula is C17H20N2O2S. The number of hydrogen-bond donors (Lipinski definition) is 0. The molecule has 0 saturated carbocycles. The Kier molecular flexibility index (Phi) is 4.73. The molecule has 1 aliphatic rings. The first kappa shape index (κ1) is 15.0. The molecule has 0 bridgehead atoms. The first-order chi connectivity index (χ1) is 10.7. The number of ether oxygens (including phenoxy) is 1. The van der Waals surface area contributed by atoms with Crippen molar-refractivity contribution in [2.24, 2.45) is 0 Å². The highest BCUT2D eigenvalue weighted by Crippen LogP contribution is 2.21.